The molecule has 1 aromatic heterocycles. The van der Waals surface area contributed by atoms with Gasteiger partial charge in [-0.05, 0) is 48.7 Å². The number of pyridine rings is 1. The van der Waals surface area contributed by atoms with Crippen LogP contribution < -0.4 is 25.4 Å². The highest BCUT2D eigenvalue weighted by Crippen LogP contribution is 2.39. The lowest BCUT2D eigenvalue weighted by atomic mass is 9.83. The summed E-state index contributed by atoms with van der Waals surface area (Å²) in [7, 11) is 1.68. The van der Waals surface area contributed by atoms with E-state index in [4.69, 9.17) is 9.47 Å². The maximum absolute atomic E-state index is 13.9. The van der Waals surface area contributed by atoms with E-state index in [9.17, 15) is 14.4 Å². The molecule has 11 heteroatoms. The van der Waals surface area contributed by atoms with E-state index < -0.39 is 0 Å². The molecule has 4 aliphatic rings. The van der Waals surface area contributed by atoms with Gasteiger partial charge in [0.2, 0.25) is 5.91 Å². The van der Waals surface area contributed by atoms with E-state index in [0.717, 1.165) is 55.4 Å². The SMILES string of the molecule is COc1ccccc1N1CCN(C(=O)c2ccc(N3C[C@H]4C[C@@H](C3)c3cccc(=O)n3C4)c(NC(=O)CCN3CCOCC3)c2)CC1. The topological polar surface area (TPSA) is 99.6 Å². The Kier molecular flexibility index (Phi) is 9.17. The molecule has 0 spiro atoms. The van der Waals surface area contributed by atoms with Gasteiger partial charge in [0.05, 0.1) is 37.4 Å². The number of amides is 2. The Morgan fingerprint density at radius 2 is 1.68 bits per heavy atom. The van der Waals surface area contributed by atoms with Gasteiger partial charge in [-0.1, -0.05) is 18.2 Å². The predicted octanol–water partition coefficient (Wildman–Crippen LogP) is 3.10. The van der Waals surface area contributed by atoms with Gasteiger partial charge in [-0.15, -0.1) is 0 Å². The van der Waals surface area contributed by atoms with E-state index in [1.54, 1.807) is 13.2 Å². The summed E-state index contributed by atoms with van der Waals surface area (Å²) in [5, 5.41) is 3.19. The largest absolute Gasteiger partial charge is 0.495 e. The number of aromatic nitrogens is 1. The number of piperidine rings is 1. The number of nitrogens with zero attached hydrogens (tertiary/aromatic N) is 5. The number of benzene rings is 2. The molecular weight excluding hydrogens is 596 g/mol. The van der Waals surface area contributed by atoms with Gasteiger partial charge in [-0.3, -0.25) is 19.3 Å². The fourth-order valence-corrected chi connectivity index (χ4v) is 7.66. The van der Waals surface area contributed by atoms with Gasteiger partial charge in [0.15, 0.2) is 0 Å². The normalized spacial score (nSPS) is 21.3. The lowest BCUT2D eigenvalue weighted by Gasteiger charge is -2.44. The van der Waals surface area contributed by atoms with Crippen LogP contribution in [0.4, 0.5) is 17.1 Å². The Balaban J connectivity index is 1.10. The first kappa shape index (κ1) is 31.3. The maximum Gasteiger partial charge on any atom is 0.254 e. The van der Waals surface area contributed by atoms with Crippen molar-refractivity contribution < 1.29 is 19.1 Å². The Morgan fingerprint density at radius 1 is 0.872 bits per heavy atom. The van der Waals surface area contributed by atoms with Crippen LogP contribution in [0.5, 0.6) is 5.75 Å². The monoisotopic (exact) mass is 640 g/mol. The minimum absolute atomic E-state index is 0.0381. The molecule has 3 fully saturated rings. The third-order valence-corrected chi connectivity index (χ3v) is 10.1. The lowest BCUT2D eigenvalue weighted by Crippen LogP contribution is -2.49. The van der Waals surface area contributed by atoms with Gasteiger partial charge in [-0.2, -0.15) is 0 Å². The third kappa shape index (κ3) is 6.73. The first-order valence-electron chi connectivity index (χ1n) is 16.8. The highest BCUT2D eigenvalue weighted by atomic mass is 16.5. The van der Waals surface area contributed by atoms with Gasteiger partial charge in [0.25, 0.3) is 11.5 Å². The average molecular weight is 641 g/mol. The van der Waals surface area contributed by atoms with Gasteiger partial charge < -0.3 is 34.1 Å². The molecule has 3 aromatic rings. The van der Waals surface area contributed by atoms with E-state index >= 15 is 0 Å². The van der Waals surface area contributed by atoms with Crippen molar-refractivity contribution in [3.05, 3.63) is 82.3 Å². The van der Waals surface area contributed by atoms with Crippen molar-refractivity contribution in [3.63, 3.8) is 0 Å². The fraction of sp³-hybridized carbons (Fsp3) is 0.472. The number of anilines is 3. The molecule has 47 heavy (non-hydrogen) atoms. The first-order chi connectivity index (χ1) is 23.0. The number of piperazine rings is 1. The lowest BCUT2D eigenvalue weighted by molar-refractivity contribution is -0.116. The molecule has 2 bridgehead atoms. The molecule has 0 radical (unpaired) electrons. The standard InChI is InChI=1S/C36H44N6O5/c1-46-33-7-3-2-5-32(33)39-13-15-40(16-14-39)36(45)27-9-10-31(29(22-27)37-34(43)11-12-38-17-19-47-20-18-38)41-23-26-21-28(25-41)30-6-4-8-35(44)42(30)24-26/h2-10,22,26,28H,11-21,23-25H2,1H3,(H,37,43)/t26-,28+/m1/s1. The van der Waals surface area contributed by atoms with Gasteiger partial charge in [-0.25, -0.2) is 0 Å². The second-order valence-corrected chi connectivity index (χ2v) is 13.0. The fourth-order valence-electron chi connectivity index (χ4n) is 7.66. The maximum atomic E-state index is 13.9. The Labute approximate surface area is 275 Å². The van der Waals surface area contributed by atoms with E-state index in [0.29, 0.717) is 76.1 Å². The molecule has 11 nitrogen and oxygen atoms in total. The Hall–Kier alpha value is -4.35. The van der Waals surface area contributed by atoms with Crippen molar-refractivity contribution in [1.29, 1.82) is 0 Å². The molecular formula is C36H44N6O5. The van der Waals surface area contributed by atoms with Crippen LogP contribution >= 0.6 is 0 Å². The summed E-state index contributed by atoms with van der Waals surface area (Å²) in [6, 6.07) is 19.3. The summed E-state index contributed by atoms with van der Waals surface area (Å²) in [6.45, 7) is 8.52. The van der Waals surface area contributed by atoms with Crippen molar-refractivity contribution in [2.45, 2.75) is 25.3 Å². The van der Waals surface area contributed by atoms with E-state index in [2.05, 4.69) is 32.1 Å². The number of nitrogens with one attached hydrogen (secondary N) is 1. The molecule has 2 amide bonds. The quantitative estimate of drug-likeness (QED) is 0.401. The summed E-state index contributed by atoms with van der Waals surface area (Å²) in [4.78, 5) is 48.5. The number of morpholine rings is 1. The van der Waals surface area contributed by atoms with Crippen LogP contribution in [0.15, 0.2) is 65.5 Å². The van der Waals surface area contributed by atoms with Crippen molar-refractivity contribution in [3.8, 4) is 5.75 Å². The first-order valence-corrected chi connectivity index (χ1v) is 16.8. The Bertz CT molecular complexity index is 1660. The molecule has 2 atom stereocenters. The van der Waals surface area contributed by atoms with E-state index in [1.807, 2.05) is 51.9 Å². The van der Waals surface area contributed by atoms with Crippen molar-refractivity contribution in [1.82, 2.24) is 14.4 Å². The molecule has 2 aromatic carbocycles. The molecule has 0 aliphatic carbocycles. The van der Waals surface area contributed by atoms with E-state index in [-0.39, 0.29) is 23.3 Å². The highest BCUT2D eigenvalue weighted by Gasteiger charge is 2.35. The number of methoxy groups -OCH3 is 1. The van der Waals surface area contributed by atoms with Crippen LogP contribution in [0.25, 0.3) is 0 Å². The molecule has 5 heterocycles. The number of para-hydroxylation sites is 2. The molecule has 0 saturated carbocycles. The van der Waals surface area contributed by atoms with Gasteiger partial charge in [0, 0.05) is 95.1 Å². The molecule has 0 unspecified atom stereocenters. The molecule has 3 saturated heterocycles. The third-order valence-electron chi connectivity index (χ3n) is 10.1. The number of carbonyl (C=O) groups is 2. The van der Waals surface area contributed by atoms with Crippen LogP contribution in [0.1, 0.15) is 34.8 Å². The summed E-state index contributed by atoms with van der Waals surface area (Å²) >= 11 is 0. The Morgan fingerprint density at radius 3 is 2.49 bits per heavy atom. The number of rotatable bonds is 8. The second kappa shape index (κ2) is 13.8. The minimum atomic E-state index is -0.0677. The highest BCUT2D eigenvalue weighted by molar-refractivity contribution is 6.00. The zero-order chi connectivity index (χ0) is 32.3. The van der Waals surface area contributed by atoms with Gasteiger partial charge >= 0.3 is 0 Å². The van der Waals surface area contributed by atoms with Crippen molar-refractivity contribution in [2.75, 3.05) is 94.3 Å². The summed E-state index contributed by atoms with van der Waals surface area (Å²) < 4.78 is 13.0. The molecule has 7 rings (SSSR count). The zero-order valence-electron chi connectivity index (χ0n) is 27.1. The minimum Gasteiger partial charge on any atom is -0.495 e. The summed E-state index contributed by atoms with van der Waals surface area (Å²) in [6.07, 6.45) is 1.41. The molecule has 1 N–H and O–H groups in total. The molecule has 248 valence electrons. The number of fused-ring (bicyclic) bond motifs is 4. The van der Waals surface area contributed by atoms with Crippen molar-refractivity contribution in [2.24, 2.45) is 5.92 Å². The van der Waals surface area contributed by atoms with Crippen LogP contribution in [0.3, 0.4) is 0 Å². The van der Waals surface area contributed by atoms with Crippen LogP contribution in [0, 0.1) is 5.92 Å². The average Bonchev–Trinajstić information content (AvgIpc) is 3.11. The van der Waals surface area contributed by atoms with Crippen LogP contribution in [-0.2, 0) is 16.1 Å². The number of carbonyl (C=O) groups excluding carboxylic acids is 2. The van der Waals surface area contributed by atoms with E-state index in [1.165, 1.54) is 0 Å². The zero-order valence-corrected chi connectivity index (χ0v) is 27.1. The molecule has 4 aliphatic heterocycles. The van der Waals surface area contributed by atoms with Crippen molar-refractivity contribution >= 4 is 28.9 Å². The smallest absolute Gasteiger partial charge is 0.254 e. The summed E-state index contributed by atoms with van der Waals surface area (Å²) in [5.74, 6) is 1.27. The van der Waals surface area contributed by atoms with Crippen LogP contribution in [-0.4, -0.2) is 105 Å². The summed E-state index contributed by atoms with van der Waals surface area (Å²) in [5.41, 5.74) is 4.33. The second-order valence-electron chi connectivity index (χ2n) is 13.0. The number of hydrogen-bond acceptors (Lipinski definition) is 8. The van der Waals surface area contributed by atoms with Crippen LogP contribution in [0.2, 0.25) is 0 Å². The number of hydrogen-bond donors (Lipinski definition) is 1. The predicted molar refractivity (Wildman–Crippen MR) is 182 cm³/mol. The van der Waals surface area contributed by atoms with Gasteiger partial charge in [0.1, 0.15) is 5.75 Å². The number of ether oxygens (including phenoxy) is 2.